The van der Waals surface area contributed by atoms with Gasteiger partial charge in [0.2, 0.25) is 0 Å². The molecule has 0 aliphatic heterocycles. The molecule has 96 valence electrons. The number of carbonyl (C=O) groups is 1. The highest BCUT2D eigenvalue weighted by Gasteiger charge is 2.01. The first kappa shape index (κ1) is 15.8. The van der Waals surface area contributed by atoms with Gasteiger partial charge in [0, 0.05) is 18.2 Å². The Bertz CT molecular complexity index is 176. The van der Waals surface area contributed by atoms with Crippen molar-refractivity contribution >= 4 is 17.7 Å². The summed E-state index contributed by atoms with van der Waals surface area (Å²) in [6.45, 7) is 6.67. The van der Waals surface area contributed by atoms with Crippen LogP contribution in [0.15, 0.2) is 0 Å². The smallest absolute Gasteiger partial charge is 0.305 e. The van der Waals surface area contributed by atoms with Crippen LogP contribution in [0, 0.1) is 0 Å². The quantitative estimate of drug-likeness (QED) is 0.475. The standard InChI is InChI=1S/C12H25NO2S/c1-4-15-12(14)8-6-5-7-9-13-10-11(2)16-3/h11,13H,4-10H2,1-3H3. The van der Waals surface area contributed by atoms with Crippen LogP contribution in [0.25, 0.3) is 0 Å². The van der Waals surface area contributed by atoms with Crippen molar-refractivity contribution in [1.29, 1.82) is 0 Å². The van der Waals surface area contributed by atoms with Crippen LogP contribution in [-0.2, 0) is 9.53 Å². The van der Waals surface area contributed by atoms with Crippen molar-refractivity contribution in [3.8, 4) is 0 Å². The molecule has 0 saturated heterocycles. The number of hydrogen-bond donors (Lipinski definition) is 1. The van der Waals surface area contributed by atoms with Crippen molar-refractivity contribution in [3.05, 3.63) is 0 Å². The van der Waals surface area contributed by atoms with Gasteiger partial charge in [-0.25, -0.2) is 0 Å². The normalized spacial score (nSPS) is 12.4. The molecule has 0 aliphatic rings. The highest BCUT2D eigenvalue weighted by Crippen LogP contribution is 2.03. The third kappa shape index (κ3) is 10.3. The van der Waals surface area contributed by atoms with Gasteiger partial charge in [-0.05, 0) is 32.6 Å². The van der Waals surface area contributed by atoms with Gasteiger partial charge >= 0.3 is 5.97 Å². The van der Waals surface area contributed by atoms with Gasteiger partial charge in [0.25, 0.3) is 0 Å². The first-order chi connectivity index (χ1) is 7.70. The van der Waals surface area contributed by atoms with Gasteiger partial charge in [-0.3, -0.25) is 4.79 Å². The van der Waals surface area contributed by atoms with Crippen molar-refractivity contribution in [1.82, 2.24) is 5.32 Å². The molecule has 0 amide bonds. The number of ether oxygens (including phenoxy) is 1. The van der Waals surface area contributed by atoms with Gasteiger partial charge < -0.3 is 10.1 Å². The Kier molecular flexibility index (Phi) is 11.1. The average molecular weight is 247 g/mol. The Hall–Kier alpha value is -0.220. The summed E-state index contributed by atoms with van der Waals surface area (Å²) in [4.78, 5) is 11.0. The molecule has 1 unspecified atom stereocenters. The SMILES string of the molecule is CCOC(=O)CCCCCNCC(C)SC. The van der Waals surface area contributed by atoms with Gasteiger partial charge in [-0.1, -0.05) is 13.3 Å². The van der Waals surface area contributed by atoms with Gasteiger partial charge in [0.05, 0.1) is 6.61 Å². The van der Waals surface area contributed by atoms with E-state index in [4.69, 9.17) is 4.74 Å². The molecule has 0 fully saturated rings. The average Bonchev–Trinajstić information content (AvgIpc) is 2.27. The molecular formula is C12H25NO2S. The van der Waals surface area contributed by atoms with E-state index in [2.05, 4.69) is 18.5 Å². The first-order valence-corrected chi connectivity index (χ1v) is 7.38. The summed E-state index contributed by atoms with van der Waals surface area (Å²) in [5.41, 5.74) is 0. The van der Waals surface area contributed by atoms with E-state index >= 15 is 0 Å². The molecule has 0 spiro atoms. The minimum atomic E-state index is -0.0635. The Morgan fingerprint density at radius 2 is 2.12 bits per heavy atom. The van der Waals surface area contributed by atoms with Gasteiger partial charge in [0.15, 0.2) is 0 Å². The summed E-state index contributed by atoms with van der Waals surface area (Å²) in [6.07, 6.45) is 5.87. The molecule has 4 heteroatoms. The van der Waals surface area contributed by atoms with Crippen LogP contribution in [0.1, 0.15) is 39.5 Å². The highest BCUT2D eigenvalue weighted by atomic mass is 32.2. The molecule has 0 saturated carbocycles. The van der Waals surface area contributed by atoms with Crippen molar-refractivity contribution < 1.29 is 9.53 Å². The van der Waals surface area contributed by atoms with E-state index in [9.17, 15) is 4.79 Å². The second-order valence-corrected chi connectivity index (χ2v) is 5.14. The summed E-state index contributed by atoms with van der Waals surface area (Å²) >= 11 is 1.88. The molecule has 0 heterocycles. The summed E-state index contributed by atoms with van der Waals surface area (Å²) in [5.74, 6) is -0.0635. The lowest BCUT2D eigenvalue weighted by atomic mass is 10.2. The van der Waals surface area contributed by atoms with Crippen molar-refractivity contribution in [2.24, 2.45) is 0 Å². The maximum absolute atomic E-state index is 11.0. The molecule has 16 heavy (non-hydrogen) atoms. The van der Waals surface area contributed by atoms with Crippen molar-refractivity contribution in [2.45, 2.75) is 44.8 Å². The van der Waals surface area contributed by atoms with Crippen LogP contribution in [0.3, 0.4) is 0 Å². The number of rotatable bonds is 10. The summed E-state index contributed by atoms with van der Waals surface area (Å²) < 4.78 is 4.86. The fourth-order valence-corrected chi connectivity index (χ4v) is 1.60. The molecule has 3 nitrogen and oxygen atoms in total. The van der Waals surface area contributed by atoms with Crippen molar-refractivity contribution in [3.63, 3.8) is 0 Å². The fourth-order valence-electron chi connectivity index (χ4n) is 1.32. The minimum Gasteiger partial charge on any atom is -0.466 e. The zero-order valence-corrected chi connectivity index (χ0v) is 11.6. The molecule has 0 rings (SSSR count). The maximum Gasteiger partial charge on any atom is 0.305 e. The first-order valence-electron chi connectivity index (χ1n) is 6.09. The predicted octanol–water partition coefficient (Wildman–Crippen LogP) is 2.45. The molecule has 1 atom stereocenters. The van der Waals surface area contributed by atoms with E-state index in [1.54, 1.807) is 0 Å². The maximum atomic E-state index is 11.0. The summed E-state index contributed by atoms with van der Waals surface area (Å²) in [7, 11) is 0. The number of unbranched alkanes of at least 4 members (excludes halogenated alkanes) is 2. The third-order valence-corrected chi connectivity index (χ3v) is 3.35. The van der Waals surface area contributed by atoms with Gasteiger partial charge in [0.1, 0.15) is 0 Å². The topological polar surface area (TPSA) is 38.3 Å². The van der Waals surface area contributed by atoms with Crippen LogP contribution in [0.5, 0.6) is 0 Å². The van der Waals surface area contributed by atoms with E-state index in [1.165, 1.54) is 0 Å². The van der Waals surface area contributed by atoms with E-state index in [-0.39, 0.29) is 5.97 Å². The minimum absolute atomic E-state index is 0.0635. The zero-order valence-electron chi connectivity index (χ0n) is 10.8. The Balaban J connectivity index is 3.12. The van der Waals surface area contributed by atoms with E-state index < -0.39 is 0 Å². The van der Waals surface area contributed by atoms with Crippen molar-refractivity contribution in [2.75, 3.05) is 26.0 Å². The lowest BCUT2D eigenvalue weighted by Gasteiger charge is -2.09. The number of thioether (sulfide) groups is 1. The fraction of sp³-hybridized carbons (Fsp3) is 0.917. The zero-order chi connectivity index (χ0) is 12.2. The summed E-state index contributed by atoms with van der Waals surface area (Å²) in [5, 5.41) is 4.09. The van der Waals surface area contributed by atoms with Crippen LogP contribution in [0.2, 0.25) is 0 Å². The molecule has 0 aromatic heterocycles. The molecule has 0 aliphatic carbocycles. The third-order valence-electron chi connectivity index (χ3n) is 2.37. The Labute approximate surface area is 104 Å². The molecular weight excluding hydrogens is 222 g/mol. The molecule has 0 aromatic carbocycles. The second-order valence-electron chi connectivity index (χ2n) is 3.87. The summed E-state index contributed by atoms with van der Waals surface area (Å²) in [6, 6.07) is 0. The Morgan fingerprint density at radius 1 is 1.38 bits per heavy atom. The lowest BCUT2D eigenvalue weighted by molar-refractivity contribution is -0.143. The van der Waals surface area contributed by atoms with E-state index in [0.29, 0.717) is 18.3 Å². The van der Waals surface area contributed by atoms with E-state index in [0.717, 1.165) is 32.4 Å². The molecule has 1 N–H and O–H groups in total. The Morgan fingerprint density at radius 3 is 2.75 bits per heavy atom. The second kappa shape index (κ2) is 11.3. The van der Waals surface area contributed by atoms with E-state index in [1.807, 2.05) is 18.7 Å². The van der Waals surface area contributed by atoms with Crippen LogP contribution in [0.4, 0.5) is 0 Å². The lowest BCUT2D eigenvalue weighted by Crippen LogP contribution is -2.23. The number of esters is 1. The highest BCUT2D eigenvalue weighted by molar-refractivity contribution is 7.99. The van der Waals surface area contributed by atoms with Crippen LogP contribution in [-0.4, -0.2) is 37.2 Å². The molecule has 0 bridgehead atoms. The molecule has 0 radical (unpaired) electrons. The van der Waals surface area contributed by atoms with Gasteiger partial charge in [-0.2, -0.15) is 11.8 Å². The predicted molar refractivity (Wildman–Crippen MR) is 70.9 cm³/mol. The number of carbonyl (C=O) groups excluding carboxylic acids is 1. The number of nitrogens with one attached hydrogen (secondary N) is 1. The largest absolute Gasteiger partial charge is 0.466 e. The number of hydrogen-bond acceptors (Lipinski definition) is 4. The monoisotopic (exact) mass is 247 g/mol. The molecule has 0 aromatic rings. The van der Waals surface area contributed by atoms with Crippen LogP contribution < -0.4 is 5.32 Å². The van der Waals surface area contributed by atoms with Crippen LogP contribution >= 0.6 is 11.8 Å². The van der Waals surface area contributed by atoms with Gasteiger partial charge in [-0.15, -0.1) is 0 Å².